The Hall–Kier alpha value is -3.88. The van der Waals surface area contributed by atoms with E-state index in [0.29, 0.717) is 37.6 Å². The average Bonchev–Trinajstić information content (AvgIpc) is 3.09. The number of esters is 2. The molecule has 8 nitrogen and oxygen atoms in total. The topological polar surface area (TPSA) is 89.5 Å². The molecule has 0 fully saturated rings. The summed E-state index contributed by atoms with van der Waals surface area (Å²) < 4.78 is 36.1. The van der Waals surface area contributed by atoms with Gasteiger partial charge < -0.3 is 28.4 Å². The van der Waals surface area contributed by atoms with Crippen LogP contribution < -0.4 is 9.47 Å². The summed E-state index contributed by atoms with van der Waals surface area (Å²) in [5.41, 5.74) is 1.14. The first-order chi connectivity index (χ1) is 23.4. The van der Waals surface area contributed by atoms with Crippen molar-refractivity contribution in [2.24, 2.45) is 0 Å². The number of carbonyl (C=O) groups is 2. The van der Waals surface area contributed by atoms with Crippen LogP contribution in [0.2, 0.25) is 0 Å². The van der Waals surface area contributed by atoms with Crippen LogP contribution >= 0.6 is 0 Å². The highest BCUT2D eigenvalue weighted by molar-refractivity contribution is 6.11. The van der Waals surface area contributed by atoms with E-state index in [4.69, 9.17) is 28.4 Å². The standard InChI is InChI=1S/C40H54O8/c1-6-11-13-19-37(41)47-31(26-43-23-8-3)28-45-39-33-17-15-16-18-34(33)40(36-25-30(10-5)21-22-35(36)39)46-29-32(27-44-24-9-4)48-38(42)20-14-12-7-2/h8-9,15-18,21-22,25,31-32H,3-4,6-7,10-14,19-20,23-24,26-29H2,1-2,5H3. The van der Waals surface area contributed by atoms with Gasteiger partial charge in [0.05, 0.1) is 26.4 Å². The van der Waals surface area contributed by atoms with Crippen LogP contribution in [0, 0.1) is 0 Å². The maximum atomic E-state index is 12.7. The first kappa shape index (κ1) is 38.6. The Bertz CT molecular complexity index is 1450. The molecule has 3 aromatic carbocycles. The zero-order valence-corrected chi connectivity index (χ0v) is 29.1. The van der Waals surface area contributed by atoms with Crippen LogP contribution in [0.25, 0.3) is 21.5 Å². The van der Waals surface area contributed by atoms with Crippen LogP contribution in [-0.2, 0) is 35.0 Å². The number of aryl methyl sites for hydroxylation is 1. The van der Waals surface area contributed by atoms with Crippen molar-refractivity contribution in [2.45, 2.75) is 90.8 Å². The third kappa shape index (κ3) is 12.3. The SMILES string of the molecule is C=CCOCC(COc1c2ccccc2c(OCC(COCC=C)OC(=O)CCCCC)c2cc(CC)ccc12)OC(=O)CCCCC. The predicted molar refractivity (Wildman–Crippen MR) is 192 cm³/mol. The highest BCUT2D eigenvalue weighted by Crippen LogP contribution is 2.43. The average molecular weight is 663 g/mol. The van der Waals surface area contributed by atoms with Crippen LogP contribution in [0.5, 0.6) is 11.5 Å². The molecule has 2 atom stereocenters. The van der Waals surface area contributed by atoms with E-state index in [1.807, 2.05) is 30.3 Å². The van der Waals surface area contributed by atoms with Gasteiger partial charge in [-0.2, -0.15) is 0 Å². The van der Waals surface area contributed by atoms with Gasteiger partial charge in [-0.15, -0.1) is 13.2 Å². The van der Waals surface area contributed by atoms with E-state index in [1.165, 1.54) is 0 Å². The van der Waals surface area contributed by atoms with E-state index < -0.39 is 12.2 Å². The summed E-state index contributed by atoms with van der Waals surface area (Å²) >= 11 is 0. The van der Waals surface area contributed by atoms with E-state index in [2.05, 4.69) is 46.1 Å². The lowest BCUT2D eigenvalue weighted by Gasteiger charge is -2.23. The van der Waals surface area contributed by atoms with Gasteiger partial charge in [0.1, 0.15) is 24.7 Å². The van der Waals surface area contributed by atoms with Gasteiger partial charge in [-0.05, 0) is 30.9 Å². The van der Waals surface area contributed by atoms with E-state index >= 15 is 0 Å². The fourth-order valence-electron chi connectivity index (χ4n) is 5.36. The minimum absolute atomic E-state index is 0.113. The molecular formula is C40H54O8. The van der Waals surface area contributed by atoms with E-state index in [0.717, 1.165) is 72.1 Å². The van der Waals surface area contributed by atoms with Gasteiger partial charge in [0.15, 0.2) is 12.2 Å². The molecule has 2 unspecified atom stereocenters. The fourth-order valence-corrected chi connectivity index (χ4v) is 5.36. The number of ether oxygens (including phenoxy) is 6. The van der Waals surface area contributed by atoms with Crippen LogP contribution in [0.15, 0.2) is 67.8 Å². The number of rotatable bonds is 25. The minimum atomic E-state index is -0.596. The number of unbranched alkanes of at least 4 members (excludes halogenated alkanes) is 4. The monoisotopic (exact) mass is 662 g/mol. The van der Waals surface area contributed by atoms with Gasteiger partial charge in [-0.1, -0.05) is 95.0 Å². The Morgan fingerprint density at radius 3 is 1.58 bits per heavy atom. The fraction of sp³-hybridized carbons (Fsp3) is 0.500. The summed E-state index contributed by atoms with van der Waals surface area (Å²) in [4.78, 5) is 25.3. The van der Waals surface area contributed by atoms with Crippen molar-refractivity contribution in [3.8, 4) is 11.5 Å². The lowest BCUT2D eigenvalue weighted by molar-refractivity contribution is -0.154. The van der Waals surface area contributed by atoms with Crippen molar-refractivity contribution in [2.75, 3.05) is 39.6 Å². The van der Waals surface area contributed by atoms with Gasteiger partial charge in [0.2, 0.25) is 0 Å². The Labute approximate surface area is 286 Å². The highest BCUT2D eigenvalue weighted by Gasteiger charge is 2.22. The smallest absolute Gasteiger partial charge is 0.306 e. The predicted octanol–water partition coefficient (Wildman–Crippen LogP) is 8.70. The molecule has 3 rings (SSSR count). The molecular weight excluding hydrogens is 608 g/mol. The van der Waals surface area contributed by atoms with Crippen molar-refractivity contribution < 1.29 is 38.0 Å². The third-order valence-electron chi connectivity index (χ3n) is 7.87. The van der Waals surface area contributed by atoms with Crippen molar-refractivity contribution in [1.82, 2.24) is 0 Å². The Balaban J connectivity index is 1.95. The number of fused-ring (bicyclic) bond motifs is 2. The van der Waals surface area contributed by atoms with E-state index in [9.17, 15) is 9.59 Å². The van der Waals surface area contributed by atoms with Crippen LogP contribution in [-0.4, -0.2) is 63.8 Å². The molecule has 0 amide bonds. The van der Waals surface area contributed by atoms with Crippen LogP contribution in [0.4, 0.5) is 0 Å². The number of benzene rings is 3. The molecule has 0 aliphatic heterocycles. The van der Waals surface area contributed by atoms with E-state index in [1.54, 1.807) is 12.2 Å². The molecule has 0 radical (unpaired) electrons. The lowest BCUT2D eigenvalue weighted by Crippen LogP contribution is -2.30. The Kier molecular flexibility index (Phi) is 17.6. The van der Waals surface area contributed by atoms with Gasteiger partial charge in [0, 0.05) is 34.4 Å². The Morgan fingerprint density at radius 1 is 0.646 bits per heavy atom. The number of carbonyl (C=O) groups excluding carboxylic acids is 2. The third-order valence-corrected chi connectivity index (χ3v) is 7.87. The van der Waals surface area contributed by atoms with Gasteiger partial charge in [0.25, 0.3) is 0 Å². The second kappa shape index (κ2) is 21.9. The summed E-state index contributed by atoms with van der Waals surface area (Å²) in [5, 5.41) is 3.43. The van der Waals surface area contributed by atoms with Crippen molar-refractivity contribution in [1.29, 1.82) is 0 Å². The molecule has 0 aromatic heterocycles. The zero-order chi connectivity index (χ0) is 34.6. The minimum Gasteiger partial charge on any atom is -0.488 e. The highest BCUT2D eigenvalue weighted by atomic mass is 16.6. The normalized spacial score (nSPS) is 12.4. The van der Waals surface area contributed by atoms with Crippen molar-refractivity contribution in [3.05, 3.63) is 73.3 Å². The molecule has 0 aliphatic rings. The first-order valence-electron chi connectivity index (χ1n) is 17.4. The molecule has 48 heavy (non-hydrogen) atoms. The second-order valence-corrected chi connectivity index (χ2v) is 11.8. The molecule has 8 heteroatoms. The largest absolute Gasteiger partial charge is 0.488 e. The molecule has 0 saturated heterocycles. The maximum Gasteiger partial charge on any atom is 0.306 e. The maximum absolute atomic E-state index is 12.7. The molecule has 3 aromatic rings. The Morgan fingerprint density at radius 2 is 1.12 bits per heavy atom. The van der Waals surface area contributed by atoms with Crippen LogP contribution in [0.1, 0.15) is 77.7 Å². The zero-order valence-electron chi connectivity index (χ0n) is 29.1. The lowest BCUT2D eigenvalue weighted by atomic mass is 9.98. The summed E-state index contributed by atoms with van der Waals surface area (Å²) in [6, 6.07) is 14.1. The molecule has 0 heterocycles. The molecule has 0 aliphatic carbocycles. The molecule has 0 spiro atoms. The van der Waals surface area contributed by atoms with Crippen LogP contribution in [0.3, 0.4) is 0 Å². The second-order valence-electron chi connectivity index (χ2n) is 11.8. The number of hydrogen-bond donors (Lipinski definition) is 0. The quantitative estimate of drug-likeness (QED) is 0.0385. The molecule has 0 N–H and O–H groups in total. The molecule has 0 bridgehead atoms. The first-order valence-corrected chi connectivity index (χ1v) is 17.4. The summed E-state index contributed by atoms with van der Waals surface area (Å²) in [6.07, 6.45) is 9.25. The van der Waals surface area contributed by atoms with Gasteiger partial charge in [-0.3, -0.25) is 9.59 Å². The molecule has 262 valence electrons. The van der Waals surface area contributed by atoms with Crippen molar-refractivity contribution in [3.63, 3.8) is 0 Å². The van der Waals surface area contributed by atoms with Gasteiger partial charge >= 0.3 is 11.9 Å². The molecule has 0 saturated carbocycles. The summed E-state index contributed by atoms with van der Waals surface area (Å²) in [6.45, 7) is 15.0. The number of hydrogen-bond acceptors (Lipinski definition) is 8. The summed E-state index contributed by atoms with van der Waals surface area (Å²) in [7, 11) is 0. The van der Waals surface area contributed by atoms with Crippen molar-refractivity contribution >= 4 is 33.5 Å². The van der Waals surface area contributed by atoms with Gasteiger partial charge in [-0.25, -0.2) is 0 Å². The summed E-state index contributed by atoms with van der Waals surface area (Å²) in [5.74, 6) is 0.818. The van der Waals surface area contributed by atoms with E-state index in [-0.39, 0.29) is 38.4 Å².